The molecule has 2 aliphatic rings. The maximum absolute atomic E-state index is 13.4. The normalized spacial score (nSPS) is 16.6. The Morgan fingerprint density at radius 3 is 2.44 bits per heavy atom. The molecule has 0 saturated heterocycles. The molecule has 0 saturated carbocycles. The summed E-state index contributed by atoms with van der Waals surface area (Å²) in [5, 5.41) is 4.80. The Bertz CT molecular complexity index is 1590. The van der Waals surface area contributed by atoms with Crippen LogP contribution in [0.1, 0.15) is 39.7 Å². The summed E-state index contributed by atoms with van der Waals surface area (Å²) in [6.07, 6.45) is 7.08. The second-order valence-electron chi connectivity index (χ2n) is 9.71. The molecule has 0 unspecified atom stereocenters. The lowest BCUT2D eigenvalue weighted by Gasteiger charge is -2.28. The zero-order valence-electron chi connectivity index (χ0n) is 19.9. The maximum atomic E-state index is 13.4. The van der Waals surface area contributed by atoms with E-state index in [1.807, 2.05) is 18.2 Å². The number of nitrogens with zero attached hydrogens (tertiary/aromatic N) is 3. The molecule has 3 heterocycles. The Labute approximate surface area is 213 Å². The summed E-state index contributed by atoms with van der Waals surface area (Å²) < 4.78 is 1.75. The van der Waals surface area contributed by atoms with Crippen LogP contribution in [0.5, 0.6) is 0 Å². The van der Waals surface area contributed by atoms with Crippen LogP contribution in [0.25, 0.3) is 21.3 Å². The SMILES string of the molecule is O=c1c2c3c(sc2ncn1CCc1ccccn1)C[C@H](NC1c2ccccc2-c2ccccc21)CC3. The number of thiophene rings is 1. The average Bonchev–Trinajstić information content (AvgIpc) is 3.45. The Morgan fingerprint density at radius 2 is 1.69 bits per heavy atom. The van der Waals surface area contributed by atoms with Crippen LogP contribution in [-0.2, 0) is 25.8 Å². The van der Waals surface area contributed by atoms with Crippen LogP contribution in [0.2, 0.25) is 0 Å². The van der Waals surface area contributed by atoms with Gasteiger partial charge < -0.3 is 5.32 Å². The van der Waals surface area contributed by atoms with E-state index in [1.54, 1.807) is 28.4 Å². The first-order valence-electron chi connectivity index (χ1n) is 12.6. The second-order valence-corrected chi connectivity index (χ2v) is 10.8. The Morgan fingerprint density at radius 1 is 0.944 bits per heavy atom. The molecule has 2 aliphatic carbocycles. The minimum absolute atomic E-state index is 0.0819. The van der Waals surface area contributed by atoms with E-state index in [0.29, 0.717) is 12.6 Å². The highest BCUT2D eigenvalue weighted by Gasteiger charge is 2.32. The number of aryl methyl sites for hydroxylation is 3. The van der Waals surface area contributed by atoms with Gasteiger partial charge in [-0.1, -0.05) is 54.6 Å². The van der Waals surface area contributed by atoms with E-state index in [4.69, 9.17) is 0 Å². The highest BCUT2D eigenvalue weighted by atomic mass is 32.1. The third kappa shape index (κ3) is 3.60. The summed E-state index contributed by atoms with van der Waals surface area (Å²) in [6, 6.07) is 23.9. The van der Waals surface area contributed by atoms with E-state index in [9.17, 15) is 4.79 Å². The predicted octanol–water partition coefficient (Wildman–Crippen LogP) is 5.31. The third-order valence-electron chi connectivity index (χ3n) is 7.61. The molecule has 36 heavy (non-hydrogen) atoms. The van der Waals surface area contributed by atoms with Gasteiger partial charge in [0.1, 0.15) is 4.83 Å². The average molecular weight is 491 g/mol. The first-order valence-corrected chi connectivity index (χ1v) is 13.4. The highest BCUT2D eigenvalue weighted by molar-refractivity contribution is 7.18. The van der Waals surface area contributed by atoms with Crippen molar-refractivity contribution >= 4 is 21.6 Å². The number of pyridine rings is 1. The van der Waals surface area contributed by atoms with Gasteiger partial charge in [0.05, 0.1) is 17.8 Å². The lowest BCUT2D eigenvalue weighted by Crippen LogP contribution is -2.36. The molecule has 6 heteroatoms. The van der Waals surface area contributed by atoms with Crippen molar-refractivity contribution in [1.29, 1.82) is 0 Å². The minimum atomic E-state index is 0.0819. The van der Waals surface area contributed by atoms with E-state index in [0.717, 1.165) is 41.6 Å². The van der Waals surface area contributed by atoms with Crippen molar-refractivity contribution in [1.82, 2.24) is 19.9 Å². The molecular formula is C30H26N4OS. The first kappa shape index (κ1) is 21.7. The van der Waals surface area contributed by atoms with Gasteiger partial charge in [-0.3, -0.25) is 14.3 Å². The molecule has 5 nitrogen and oxygen atoms in total. The molecular weight excluding hydrogens is 464 g/mol. The van der Waals surface area contributed by atoms with Gasteiger partial charge in [-0.05, 0) is 59.2 Å². The van der Waals surface area contributed by atoms with Crippen molar-refractivity contribution in [2.24, 2.45) is 0 Å². The van der Waals surface area contributed by atoms with E-state index >= 15 is 0 Å². The molecule has 0 bridgehead atoms. The van der Waals surface area contributed by atoms with Gasteiger partial charge in [0.25, 0.3) is 5.56 Å². The molecule has 0 spiro atoms. The number of nitrogens with one attached hydrogen (secondary N) is 1. The number of fused-ring (bicyclic) bond motifs is 6. The largest absolute Gasteiger partial charge is 0.303 e. The van der Waals surface area contributed by atoms with Gasteiger partial charge in [-0.25, -0.2) is 4.98 Å². The topological polar surface area (TPSA) is 59.8 Å². The van der Waals surface area contributed by atoms with Crippen molar-refractivity contribution in [2.75, 3.05) is 0 Å². The molecule has 7 rings (SSSR count). The Balaban J connectivity index is 1.15. The van der Waals surface area contributed by atoms with Crippen molar-refractivity contribution in [3.05, 3.63) is 117 Å². The molecule has 5 aromatic rings. The van der Waals surface area contributed by atoms with Gasteiger partial charge >= 0.3 is 0 Å². The van der Waals surface area contributed by atoms with Crippen LogP contribution in [-0.4, -0.2) is 20.6 Å². The van der Waals surface area contributed by atoms with Crippen LogP contribution in [0, 0.1) is 0 Å². The van der Waals surface area contributed by atoms with Crippen LogP contribution in [0.15, 0.2) is 84.0 Å². The lowest BCUT2D eigenvalue weighted by molar-refractivity contribution is 0.434. The van der Waals surface area contributed by atoms with Crippen LogP contribution >= 0.6 is 11.3 Å². The summed E-state index contributed by atoms with van der Waals surface area (Å²) in [5.74, 6) is 0. The van der Waals surface area contributed by atoms with Crippen LogP contribution < -0.4 is 10.9 Å². The second kappa shape index (κ2) is 8.80. The number of aromatic nitrogens is 3. The highest BCUT2D eigenvalue weighted by Crippen LogP contribution is 2.44. The van der Waals surface area contributed by atoms with E-state index < -0.39 is 0 Å². The fourth-order valence-corrected chi connectivity index (χ4v) is 7.11. The van der Waals surface area contributed by atoms with Gasteiger partial charge in [0.15, 0.2) is 0 Å². The lowest BCUT2D eigenvalue weighted by atomic mass is 9.91. The fourth-order valence-electron chi connectivity index (χ4n) is 5.85. The van der Waals surface area contributed by atoms with Gasteiger partial charge in [0.2, 0.25) is 0 Å². The summed E-state index contributed by atoms with van der Waals surface area (Å²) in [6.45, 7) is 0.591. The molecule has 178 valence electrons. The minimum Gasteiger partial charge on any atom is -0.303 e. The molecule has 1 atom stereocenters. The first-order chi connectivity index (χ1) is 17.8. The predicted molar refractivity (Wildman–Crippen MR) is 144 cm³/mol. The maximum Gasteiger partial charge on any atom is 0.262 e. The van der Waals surface area contributed by atoms with Gasteiger partial charge in [-0.15, -0.1) is 11.3 Å². The van der Waals surface area contributed by atoms with Crippen molar-refractivity contribution in [2.45, 2.75) is 44.3 Å². The molecule has 0 radical (unpaired) electrons. The van der Waals surface area contributed by atoms with E-state index in [-0.39, 0.29) is 11.6 Å². The molecule has 1 N–H and O–H groups in total. The smallest absolute Gasteiger partial charge is 0.262 e. The molecule has 0 amide bonds. The standard InChI is InChI=1S/C30H26N4OS/c35-30-27-25-13-12-20(33-28-23-10-3-1-8-21(23)22-9-2-4-11-24(22)28)17-26(25)36-29(27)32-18-34(30)16-14-19-7-5-6-15-31-19/h1-11,15,18,20,28,33H,12-14,16-17H2/t20-/m1/s1. The van der Waals surface area contributed by atoms with Crippen molar-refractivity contribution < 1.29 is 0 Å². The van der Waals surface area contributed by atoms with Gasteiger partial charge in [-0.2, -0.15) is 0 Å². The summed E-state index contributed by atoms with van der Waals surface area (Å²) >= 11 is 1.69. The van der Waals surface area contributed by atoms with Crippen molar-refractivity contribution in [3.8, 4) is 11.1 Å². The monoisotopic (exact) mass is 490 g/mol. The van der Waals surface area contributed by atoms with E-state index in [2.05, 4.69) is 63.8 Å². The molecule has 0 fully saturated rings. The summed E-state index contributed by atoms with van der Waals surface area (Å²) in [5.41, 5.74) is 7.67. The molecule has 0 aliphatic heterocycles. The number of hydrogen-bond donors (Lipinski definition) is 1. The zero-order chi connectivity index (χ0) is 24.1. The van der Waals surface area contributed by atoms with Gasteiger partial charge in [0, 0.05) is 35.8 Å². The quantitative estimate of drug-likeness (QED) is 0.363. The third-order valence-corrected chi connectivity index (χ3v) is 8.77. The number of rotatable bonds is 5. The van der Waals surface area contributed by atoms with Crippen LogP contribution in [0.4, 0.5) is 0 Å². The van der Waals surface area contributed by atoms with Crippen molar-refractivity contribution in [3.63, 3.8) is 0 Å². The summed E-state index contributed by atoms with van der Waals surface area (Å²) in [7, 11) is 0. The fraction of sp³-hybridized carbons (Fsp3) is 0.233. The number of hydrogen-bond acceptors (Lipinski definition) is 5. The molecule has 2 aromatic carbocycles. The van der Waals surface area contributed by atoms with E-state index in [1.165, 1.54) is 32.7 Å². The Kier molecular flexibility index (Phi) is 5.29. The summed E-state index contributed by atoms with van der Waals surface area (Å²) in [4.78, 5) is 24.7. The zero-order valence-corrected chi connectivity index (χ0v) is 20.7. The Hall–Kier alpha value is -3.61. The number of benzene rings is 2. The molecule has 3 aromatic heterocycles. The van der Waals surface area contributed by atoms with Crippen LogP contribution in [0.3, 0.4) is 0 Å².